The molecule has 0 aliphatic heterocycles. The number of hydrogen-bond donors (Lipinski definition) is 3. The summed E-state index contributed by atoms with van der Waals surface area (Å²) < 4.78 is 53.8. The topological polar surface area (TPSA) is 162 Å². The molecule has 4 N–H and O–H groups in total. The molecular formula is C41H43N5O6S2. The van der Waals surface area contributed by atoms with Gasteiger partial charge in [-0.05, 0) is 90.8 Å². The van der Waals surface area contributed by atoms with Crippen LogP contribution in [0.5, 0.6) is 0 Å². The quantitative estimate of drug-likeness (QED) is 0.0969. The van der Waals surface area contributed by atoms with Gasteiger partial charge in [0, 0.05) is 66.5 Å². The monoisotopic (exact) mass is 765 g/mol. The van der Waals surface area contributed by atoms with Crippen molar-refractivity contribution in [2.75, 3.05) is 27.7 Å². The molecule has 280 valence electrons. The molecule has 0 spiro atoms. The molecule has 0 amide bonds. The molecule has 0 saturated carbocycles. The Kier molecular flexibility index (Phi) is 11.9. The van der Waals surface area contributed by atoms with Gasteiger partial charge >= 0.3 is 0 Å². The van der Waals surface area contributed by atoms with Crippen LogP contribution >= 0.6 is 0 Å². The summed E-state index contributed by atoms with van der Waals surface area (Å²) in [5.41, 5.74) is 15.0. The summed E-state index contributed by atoms with van der Waals surface area (Å²) in [4.78, 5) is 25.4. The standard InChI is InChI=1S/C21H22N2O3S.C20H21N3O3S/c1-15-4-8-17(9-5-15)21(24)20-13-12-19(23(20)2)14-16-6-10-18(11-7-16)22-27(3,25)26;1-23-18(13-14-3-9-17(10-4-14)22-27(2,25)26)11-12-19(23)20(24)15-5-7-16(21)8-6-15/h4-13,22H,14H2,1-3H3;3-12,22H,13,21H2,1-2H3. The zero-order chi connectivity index (χ0) is 39.2. The Hall–Kier alpha value is -5.92. The zero-order valence-corrected chi connectivity index (χ0v) is 32.3. The Morgan fingerprint density at radius 3 is 1.24 bits per heavy atom. The van der Waals surface area contributed by atoms with Crippen molar-refractivity contribution in [2.24, 2.45) is 14.1 Å². The SMILES string of the molecule is Cc1ccc(C(=O)c2ccc(Cc3ccc(NS(C)(=O)=O)cc3)n2C)cc1.Cn1c(Cc2ccc(NS(C)(=O)=O)cc2)ccc1C(=O)c1ccc(N)cc1. The van der Waals surface area contributed by atoms with E-state index in [1.165, 1.54) is 0 Å². The van der Waals surface area contributed by atoms with Gasteiger partial charge in [0.05, 0.1) is 23.9 Å². The predicted octanol–water partition coefficient (Wildman–Crippen LogP) is 6.33. The van der Waals surface area contributed by atoms with Crippen LogP contribution in [0.2, 0.25) is 0 Å². The van der Waals surface area contributed by atoms with Gasteiger partial charge in [-0.25, -0.2) is 16.8 Å². The first-order valence-corrected chi connectivity index (χ1v) is 20.7. The van der Waals surface area contributed by atoms with E-state index in [2.05, 4.69) is 9.44 Å². The second kappa shape index (κ2) is 16.4. The van der Waals surface area contributed by atoms with Gasteiger partial charge in [0.2, 0.25) is 31.6 Å². The molecule has 0 aliphatic carbocycles. The maximum atomic E-state index is 12.7. The van der Waals surface area contributed by atoms with E-state index in [0.717, 1.165) is 40.6 Å². The number of nitrogens with zero attached hydrogens (tertiary/aromatic N) is 2. The lowest BCUT2D eigenvalue weighted by molar-refractivity contribution is 0.102. The molecule has 6 aromatic rings. The highest BCUT2D eigenvalue weighted by molar-refractivity contribution is 7.92. The Morgan fingerprint density at radius 2 is 0.889 bits per heavy atom. The van der Waals surface area contributed by atoms with Crippen molar-refractivity contribution in [3.8, 4) is 0 Å². The Bertz CT molecular complexity index is 2310. The van der Waals surface area contributed by atoms with Crippen LogP contribution < -0.4 is 15.2 Å². The van der Waals surface area contributed by atoms with Gasteiger partial charge in [-0.2, -0.15) is 0 Å². The smallest absolute Gasteiger partial charge is 0.229 e. The fourth-order valence-corrected chi connectivity index (χ4v) is 6.91. The van der Waals surface area contributed by atoms with E-state index >= 15 is 0 Å². The second-order valence-electron chi connectivity index (χ2n) is 13.2. The van der Waals surface area contributed by atoms with E-state index in [9.17, 15) is 26.4 Å². The number of anilines is 3. The summed E-state index contributed by atoms with van der Waals surface area (Å²) >= 11 is 0. The van der Waals surface area contributed by atoms with Crippen LogP contribution in [0.25, 0.3) is 0 Å². The van der Waals surface area contributed by atoms with Crippen molar-refractivity contribution < 1.29 is 26.4 Å². The second-order valence-corrected chi connectivity index (χ2v) is 16.7. The third kappa shape index (κ3) is 10.6. The first kappa shape index (κ1) is 39.3. The van der Waals surface area contributed by atoms with Crippen molar-refractivity contribution in [1.82, 2.24) is 9.13 Å². The van der Waals surface area contributed by atoms with Crippen LogP contribution in [0.3, 0.4) is 0 Å². The normalized spacial score (nSPS) is 11.4. The lowest BCUT2D eigenvalue weighted by Gasteiger charge is -2.09. The fourth-order valence-electron chi connectivity index (χ4n) is 5.78. The molecule has 6 rings (SSSR count). The number of carbonyl (C=O) groups excluding carboxylic acids is 2. The maximum Gasteiger partial charge on any atom is 0.229 e. The largest absolute Gasteiger partial charge is 0.399 e. The molecule has 0 saturated heterocycles. The molecule has 2 heterocycles. The van der Waals surface area contributed by atoms with Crippen LogP contribution in [-0.2, 0) is 47.0 Å². The van der Waals surface area contributed by atoms with E-state index < -0.39 is 20.0 Å². The average molecular weight is 766 g/mol. The van der Waals surface area contributed by atoms with E-state index in [-0.39, 0.29) is 11.6 Å². The lowest BCUT2D eigenvalue weighted by atomic mass is 10.1. The minimum Gasteiger partial charge on any atom is -0.399 e. The van der Waals surface area contributed by atoms with Crippen LogP contribution in [0.4, 0.5) is 17.1 Å². The van der Waals surface area contributed by atoms with Gasteiger partial charge in [0.25, 0.3) is 0 Å². The number of aromatic nitrogens is 2. The number of hydrogen-bond acceptors (Lipinski definition) is 7. The molecule has 13 heteroatoms. The van der Waals surface area contributed by atoms with Crippen LogP contribution in [0, 0.1) is 6.92 Å². The highest BCUT2D eigenvalue weighted by Gasteiger charge is 2.16. The van der Waals surface area contributed by atoms with E-state index in [1.807, 2.05) is 103 Å². The predicted molar refractivity (Wildman–Crippen MR) is 215 cm³/mol. The number of nitrogen functional groups attached to an aromatic ring is 1. The summed E-state index contributed by atoms with van der Waals surface area (Å²) in [5, 5.41) is 0. The third-order valence-corrected chi connectivity index (χ3v) is 9.90. The minimum atomic E-state index is -3.29. The highest BCUT2D eigenvalue weighted by atomic mass is 32.2. The van der Waals surface area contributed by atoms with Crippen molar-refractivity contribution in [1.29, 1.82) is 0 Å². The summed E-state index contributed by atoms with van der Waals surface area (Å²) in [6.07, 6.45) is 3.52. The molecule has 11 nitrogen and oxygen atoms in total. The van der Waals surface area contributed by atoms with Crippen molar-refractivity contribution in [2.45, 2.75) is 19.8 Å². The molecule has 54 heavy (non-hydrogen) atoms. The van der Waals surface area contributed by atoms with Gasteiger partial charge < -0.3 is 14.9 Å². The number of nitrogens with two attached hydrogens (primary N) is 1. The van der Waals surface area contributed by atoms with Crippen LogP contribution in [0.1, 0.15) is 60.2 Å². The van der Waals surface area contributed by atoms with Crippen molar-refractivity contribution >= 4 is 48.7 Å². The number of rotatable bonds is 12. The van der Waals surface area contributed by atoms with E-state index in [1.54, 1.807) is 48.5 Å². The fraction of sp³-hybridized carbons (Fsp3) is 0.171. The van der Waals surface area contributed by atoms with E-state index in [0.29, 0.717) is 52.4 Å². The number of carbonyl (C=O) groups is 2. The Labute approximate surface area is 316 Å². The molecule has 4 aromatic carbocycles. The van der Waals surface area contributed by atoms with Gasteiger partial charge in [0.15, 0.2) is 0 Å². The Morgan fingerprint density at radius 1 is 0.537 bits per heavy atom. The molecule has 2 aromatic heterocycles. The van der Waals surface area contributed by atoms with Crippen molar-refractivity contribution in [3.63, 3.8) is 0 Å². The summed E-state index contributed by atoms with van der Waals surface area (Å²) in [6, 6.07) is 36.3. The van der Waals surface area contributed by atoms with Crippen LogP contribution in [0.15, 0.2) is 121 Å². The number of nitrogens with one attached hydrogen (secondary N) is 2. The average Bonchev–Trinajstić information content (AvgIpc) is 3.66. The zero-order valence-electron chi connectivity index (χ0n) is 30.7. The Balaban J connectivity index is 0.000000208. The number of sulfonamides is 2. The number of benzene rings is 4. The highest BCUT2D eigenvalue weighted by Crippen LogP contribution is 2.20. The number of ketones is 2. The van der Waals surface area contributed by atoms with Gasteiger partial charge in [-0.15, -0.1) is 0 Å². The maximum absolute atomic E-state index is 12.7. The first-order valence-electron chi connectivity index (χ1n) is 16.9. The molecule has 0 fully saturated rings. The van der Waals surface area contributed by atoms with Gasteiger partial charge in [0.1, 0.15) is 0 Å². The lowest BCUT2D eigenvalue weighted by Crippen LogP contribution is -2.10. The van der Waals surface area contributed by atoms with E-state index in [4.69, 9.17) is 5.73 Å². The van der Waals surface area contributed by atoms with Crippen molar-refractivity contribution in [3.05, 3.63) is 172 Å². The third-order valence-electron chi connectivity index (χ3n) is 8.69. The molecule has 0 atom stereocenters. The van der Waals surface area contributed by atoms with Crippen LogP contribution in [-0.4, -0.2) is 50.0 Å². The molecule has 0 radical (unpaired) electrons. The molecule has 0 bridgehead atoms. The molecule has 0 aliphatic rings. The summed E-state index contributed by atoms with van der Waals surface area (Å²) in [5.74, 6) is -0.0621. The minimum absolute atomic E-state index is 0.00329. The van der Waals surface area contributed by atoms with Gasteiger partial charge in [-0.1, -0.05) is 54.1 Å². The first-order chi connectivity index (χ1) is 25.5. The molecule has 0 unspecified atom stereocenters. The molecular weight excluding hydrogens is 723 g/mol. The van der Waals surface area contributed by atoms with Gasteiger partial charge in [-0.3, -0.25) is 19.0 Å². The summed E-state index contributed by atoms with van der Waals surface area (Å²) in [6.45, 7) is 1.99. The summed E-state index contributed by atoms with van der Waals surface area (Å²) in [7, 11) is -2.83. The number of aryl methyl sites for hydroxylation is 1.